The maximum Gasteiger partial charge on any atom is 0.167 e. The van der Waals surface area contributed by atoms with E-state index in [2.05, 4.69) is 44.1 Å². The zero-order valence-electron chi connectivity index (χ0n) is 10.0. The molecule has 0 amide bonds. The predicted octanol–water partition coefficient (Wildman–Crippen LogP) is 0.968. The first-order chi connectivity index (χ1) is 8.27. The van der Waals surface area contributed by atoms with E-state index in [1.54, 1.807) is 6.20 Å². The summed E-state index contributed by atoms with van der Waals surface area (Å²) >= 11 is 0. The van der Waals surface area contributed by atoms with E-state index >= 15 is 0 Å². The highest BCUT2D eigenvalue weighted by Crippen LogP contribution is 2.26. The monoisotopic (exact) mass is 232 g/mol. The van der Waals surface area contributed by atoms with Crippen molar-refractivity contribution in [3.05, 3.63) is 18.2 Å². The topological polar surface area (TPSA) is 71.4 Å². The fraction of sp³-hybridized carbons (Fsp3) is 0.545. The second kappa shape index (κ2) is 3.96. The highest BCUT2D eigenvalue weighted by molar-refractivity contribution is 5.52. The molecule has 1 unspecified atom stereocenters. The van der Waals surface area contributed by atoms with Crippen molar-refractivity contribution in [2.24, 2.45) is 5.92 Å². The lowest BCUT2D eigenvalue weighted by Gasteiger charge is -2.27. The molecular formula is C11H16N6. The van der Waals surface area contributed by atoms with Crippen molar-refractivity contribution >= 4 is 0 Å². The molecule has 0 radical (unpaired) electrons. The minimum Gasteiger partial charge on any atom is -0.308 e. The quantitative estimate of drug-likeness (QED) is 0.809. The van der Waals surface area contributed by atoms with Gasteiger partial charge in [-0.25, -0.2) is 0 Å². The minimum atomic E-state index is 0.289. The van der Waals surface area contributed by atoms with Gasteiger partial charge in [-0.05, 0) is 5.92 Å². The lowest BCUT2D eigenvalue weighted by atomic mass is 10.0. The van der Waals surface area contributed by atoms with Gasteiger partial charge < -0.3 is 9.88 Å². The number of H-pyrrole nitrogens is 1. The van der Waals surface area contributed by atoms with Gasteiger partial charge in [0.15, 0.2) is 11.6 Å². The molecule has 1 aliphatic rings. The molecule has 0 saturated heterocycles. The van der Waals surface area contributed by atoms with Crippen molar-refractivity contribution < 1.29 is 0 Å². The van der Waals surface area contributed by atoms with Gasteiger partial charge in [-0.1, -0.05) is 13.8 Å². The summed E-state index contributed by atoms with van der Waals surface area (Å²) < 4.78 is 2.19. The van der Waals surface area contributed by atoms with Gasteiger partial charge in [0.25, 0.3) is 0 Å². The molecule has 1 atom stereocenters. The van der Waals surface area contributed by atoms with Crippen LogP contribution in [0.15, 0.2) is 12.4 Å². The number of aromatic amines is 1. The molecule has 0 spiro atoms. The number of rotatable bonds is 2. The molecule has 0 saturated carbocycles. The maximum absolute atomic E-state index is 4.32. The fourth-order valence-corrected chi connectivity index (χ4v) is 2.31. The normalized spacial score (nSPS) is 19.6. The van der Waals surface area contributed by atoms with Crippen LogP contribution in [0.1, 0.15) is 25.7 Å². The molecule has 0 bridgehead atoms. The molecule has 3 rings (SSSR count). The Morgan fingerprint density at radius 1 is 1.41 bits per heavy atom. The van der Waals surface area contributed by atoms with E-state index in [0.29, 0.717) is 5.92 Å². The Morgan fingerprint density at radius 3 is 3.00 bits per heavy atom. The van der Waals surface area contributed by atoms with Crippen LogP contribution in [0.25, 0.3) is 11.4 Å². The Kier molecular flexibility index (Phi) is 2.44. The second-order valence-electron chi connectivity index (χ2n) is 4.70. The van der Waals surface area contributed by atoms with Gasteiger partial charge >= 0.3 is 0 Å². The third-order valence-corrected chi connectivity index (χ3v) is 3.18. The Morgan fingerprint density at radius 2 is 2.29 bits per heavy atom. The van der Waals surface area contributed by atoms with Crippen molar-refractivity contribution in [1.82, 2.24) is 30.3 Å². The van der Waals surface area contributed by atoms with E-state index in [0.717, 1.165) is 30.3 Å². The third-order valence-electron chi connectivity index (χ3n) is 3.18. The van der Waals surface area contributed by atoms with E-state index in [-0.39, 0.29) is 6.04 Å². The van der Waals surface area contributed by atoms with Crippen molar-refractivity contribution in [2.75, 3.05) is 6.54 Å². The lowest BCUT2D eigenvalue weighted by molar-refractivity contribution is 0.339. The van der Waals surface area contributed by atoms with Crippen LogP contribution in [0.5, 0.6) is 0 Å². The summed E-state index contributed by atoms with van der Waals surface area (Å²) in [5.41, 5.74) is 0.994. The molecule has 6 heteroatoms. The molecule has 2 N–H and O–H groups in total. The Bertz CT molecular complexity index is 498. The van der Waals surface area contributed by atoms with E-state index in [9.17, 15) is 0 Å². The van der Waals surface area contributed by atoms with Gasteiger partial charge in [0.2, 0.25) is 0 Å². The van der Waals surface area contributed by atoms with Gasteiger partial charge in [-0.2, -0.15) is 5.10 Å². The van der Waals surface area contributed by atoms with Crippen molar-refractivity contribution in [1.29, 1.82) is 0 Å². The van der Waals surface area contributed by atoms with Crippen molar-refractivity contribution in [3.63, 3.8) is 0 Å². The van der Waals surface area contributed by atoms with Crippen LogP contribution < -0.4 is 5.32 Å². The number of nitrogens with one attached hydrogen (secondary N) is 2. The number of aromatic nitrogens is 5. The summed E-state index contributed by atoms with van der Waals surface area (Å²) in [5.74, 6) is 2.44. The zero-order chi connectivity index (χ0) is 11.8. The van der Waals surface area contributed by atoms with Crippen molar-refractivity contribution in [3.8, 4) is 11.4 Å². The molecule has 0 fully saturated rings. The van der Waals surface area contributed by atoms with Crippen LogP contribution in [-0.4, -0.2) is 31.5 Å². The van der Waals surface area contributed by atoms with Gasteiger partial charge in [0.1, 0.15) is 0 Å². The molecule has 0 aromatic carbocycles. The van der Waals surface area contributed by atoms with Gasteiger partial charge in [-0.3, -0.25) is 5.10 Å². The summed E-state index contributed by atoms with van der Waals surface area (Å²) in [6, 6.07) is 0.289. The van der Waals surface area contributed by atoms with Gasteiger partial charge in [0.05, 0.1) is 17.8 Å². The largest absolute Gasteiger partial charge is 0.308 e. The third kappa shape index (κ3) is 1.64. The maximum atomic E-state index is 4.32. The molecule has 1 aliphatic heterocycles. The van der Waals surface area contributed by atoms with Crippen LogP contribution in [0.4, 0.5) is 0 Å². The molecule has 90 valence electrons. The lowest BCUT2D eigenvalue weighted by Crippen LogP contribution is -2.36. The smallest absolute Gasteiger partial charge is 0.167 e. The summed E-state index contributed by atoms with van der Waals surface area (Å²) in [4.78, 5) is 0. The van der Waals surface area contributed by atoms with Crippen molar-refractivity contribution in [2.45, 2.75) is 26.4 Å². The van der Waals surface area contributed by atoms with E-state index < -0.39 is 0 Å². The number of hydrogen-bond acceptors (Lipinski definition) is 4. The number of hydrogen-bond donors (Lipinski definition) is 2. The van der Waals surface area contributed by atoms with Gasteiger partial charge in [-0.15, -0.1) is 10.2 Å². The summed E-state index contributed by atoms with van der Waals surface area (Å²) in [7, 11) is 0. The van der Waals surface area contributed by atoms with Crippen LogP contribution in [0.2, 0.25) is 0 Å². The first kappa shape index (κ1) is 10.5. The molecule has 6 nitrogen and oxygen atoms in total. The summed E-state index contributed by atoms with van der Waals surface area (Å²) in [5, 5.41) is 18.9. The molecule has 0 aliphatic carbocycles. The Labute approximate surface area is 99.4 Å². The summed E-state index contributed by atoms with van der Waals surface area (Å²) in [6.07, 6.45) is 3.63. The van der Waals surface area contributed by atoms with Crippen LogP contribution in [-0.2, 0) is 6.54 Å². The SMILES string of the molecule is CC(C)C1NCCn2c(-c3cn[nH]c3)nnc21. The minimum absolute atomic E-state index is 0.289. The summed E-state index contributed by atoms with van der Waals surface area (Å²) in [6.45, 7) is 6.25. The van der Waals surface area contributed by atoms with E-state index in [1.807, 2.05) is 6.20 Å². The van der Waals surface area contributed by atoms with Crippen LogP contribution in [0, 0.1) is 5.92 Å². The van der Waals surface area contributed by atoms with E-state index in [4.69, 9.17) is 0 Å². The standard InChI is InChI=1S/C11H16N6/c1-7(2)9-11-16-15-10(8-5-13-14-6-8)17(11)4-3-12-9/h5-7,9,12H,3-4H2,1-2H3,(H,13,14). The van der Waals surface area contributed by atoms with Gasteiger partial charge in [0, 0.05) is 19.3 Å². The number of nitrogens with zero attached hydrogens (tertiary/aromatic N) is 4. The molecule has 3 heterocycles. The average molecular weight is 232 g/mol. The predicted molar refractivity (Wildman–Crippen MR) is 63.2 cm³/mol. The first-order valence-electron chi connectivity index (χ1n) is 5.93. The Balaban J connectivity index is 2.05. The average Bonchev–Trinajstić information content (AvgIpc) is 2.96. The second-order valence-corrected chi connectivity index (χ2v) is 4.70. The van der Waals surface area contributed by atoms with E-state index in [1.165, 1.54) is 0 Å². The zero-order valence-corrected chi connectivity index (χ0v) is 10.0. The molecule has 2 aromatic heterocycles. The Hall–Kier alpha value is -1.69. The van der Waals surface area contributed by atoms with Crippen LogP contribution in [0.3, 0.4) is 0 Å². The first-order valence-corrected chi connectivity index (χ1v) is 5.93. The fourth-order valence-electron chi connectivity index (χ4n) is 2.31. The molecule has 17 heavy (non-hydrogen) atoms. The highest BCUT2D eigenvalue weighted by atomic mass is 15.3. The molecule has 2 aromatic rings. The highest BCUT2D eigenvalue weighted by Gasteiger charge is 2.27. The molecular weight excluding hydrogens is 216 g/mol. The van der Waals surface area contributed by atoms with Crippen LogP contribution >= 0.6 is 0 Å². The number of fused-ring (bicyclic) bond motifs is 1.